The van der Waals surface area contributed by atoms with E-state index in [-0.39, 0.29) is 13.2 Å². The third-order valence-electron chi connectivity index (χ3n) is 3.77. The Morgan fingerprint density at radius 3 is 2.41 bits per heavy atom. The number of hydrogen-bond donors (Lipinski definition) is 2. The lowest BCUT2D eigenvalue weighted by Crippen LogP contribution is -2.24. The van der Waals surface area contributed by atoms with Crippen molar-refractivity contribution in [2.75, 3.05) is 25.1 Å². The minimum atomic E-state index is -0.625. The molecule has 0 radical (unpaired) electrons. The Hall–Kier alpha value is -3.95. The summed E-state index contributed by atoms with van der Waals surface area (Å²) in [6, 6.07) is 10.1. The van der Waals surface area contributed by atoms with E-state index >= 15 is 0 Å². The van der Waals surface area contributed by atoms with Gasteiger partial charge in [0.15, 0.2) is 18.1 Å². The lowest BCUT2D eigenvalue weighted by molar-refractivity contribution is -0.145. The van der Waals surface area contributed by atoms with Gasteiger partial charge in [0, 0.05) is 5.69 Å². The molecule has 0 saturated carbocycles. The summed E-state index contributed by atoms with van der Waals surface area (Å²) >= 11 is 0. The van der Waals surface area contributed by atoms with Gasteiger partial charge in [-0.1, -0.05) is 0 Å². The summed E-state index contributed by atoms with van der Waals surface area (Å²) in [6.45, 7) is 3.88. The van der Waals surface area contributed by atoms with Crippen molar-refractivity contribution in [2.24, 2.45) is 5.10 Å². The van der Waals surface area contributed by atoms with Crippen LogP contribution in [0.3, 0.4) is 0 Å². The van der Waals surface area contributed by atoms with E-state index in [4.69, 9.17) is 14.2 Å². The fourth-order valence-electron chi connectivity index (χ4n) is 2.43. The molecule has 2 rings (SSSR count). The molecule has 0 aliphatic carbocycles. The van der Waals surface area contributed by atoms with E-state index < -0.39 is 30.0 Å². The van der Waals surface area contributed by atoms with Crippen molar-refractivity contribution in [3.05, 3.63) is 53.8 Å². The Bertz CT molecular complexity index is 963. The predicted molar refractivity (Wildman–Crippen MR) is 115 cm³/mol. The highest BCUT2D eigenvalue weighted by molar-refractivity contribution is 6.03. The Balaban J connectivity index is 1.88. The highest BCUT2D eigenvalue weighted by Crippen LogP contribution is 2.28. The van der Waals surface area contributed by atoms with Gasteiger partial charge in [0.1, 0.15) is 12.2 Å². The molecule has 0 aliphatic rings. The molecule has 2 N–H and O–H groups in total. The van der Waals surface area contributed by atoms with Gasteiger partial charge in [-0.2, -0.15) is 5.10 Å². The van der Waals surface area contributed by atoms with Gasteiger partial charge in [-0.15, -0.1) is 0 Å². The monoisotopic (exact) mass is 445 g/mol. The van der Waals surface area contributed by atoms with Crippen molar-refractivity contribution >= 4 is 29.7 Å². The summed E-state index contributed by atoms with van der Waals surface area (Å²) in [7, 11) is 0. The van der Waals surface area contributed by atoms with Crippen LogP contribution in [0.5, 0.6) is 11.5 Å². The maximum Gasteiger partial charge on any atom is 0.344 e. The molecule has 2 aromatic carbocycles. The standard InChI is InChI=1S/C22H24FN3O6/c1-3-30-19-11-15(5-10-18(19)32-14-22(29)31-4-2)13-24-26-21(28)12-20(27)25-17-8-6-16(23)7-9-17/h5-11,13H,3-4,12,14H2,1-2H3,(H,25,27)(H,26,28). The number of benzene rings is 2. The molecule has 0 atom stereocenters. The third-order valence-corrected chi connectivity index (χ3v) is 3.77. The molecule has 0 spiro atoms. The molecule has 2 aromatic rings. The van der Waals surface area contributed by atoms with Gasteiger partial charge in [-0.3, -0.25) is 9.59 Å². The first-order chi connectivity index (χ1) is 15.4. The first-order valence-electron chi connectivity index (χ1n) is 9.83. The number of hydrogen-bond acceptors (Lipinski definition) is 7. The van der Waals surface area contributed by atoms with Crippen LogP contribution in [0.2, 0.25) is 0 Å². The molecule has 0 saturated heterocycles. The van der Waals surface area contributed by atoms with Gasteiger partial charge >= 0.3 is 5.97 Å². The van der Waals surface area contributed by atoms with Crippen LogP contribution in [0.25, 0.3) is 0 Å². The summed E-state index contributed by atoms with van der Waals surface area (Å²) in [6.07, 6.45) is 0.910. The maximum atomic E-state index is 12.9. The Kier molecular flexibility index (Phi) is 9.64. The van der Waals surface area contributed by atoms with Crippen LogP contribution in [0.15, 0.2) is 47.6 Å². The van der Waals surface area contributed by atoms with E-state index in [0.717, 1.165) is 0 Å². The molecule has 2 amide bonds. The van der Waals surface area contributed by atoms with Crippen molar-refractivity contribution in [2.45, 2.75) is 20.3 Å². The minimum Gasteiger partial charge on any atom is -0.490 e. The van der Waals surface area contributed by atoms with Crippen LogP contribution in [-0.4, -0.2) is 43.8 Å². The van der Waals surface area contributed by atoms with Crippen molar-refractivity contribution in [3.63, 3.8) is 0 Å². The third kappa shape index (κ3) is 8.42. The maximum absolute atomic E-state index is 12.9. The van der Waals surface area contributed by atoms with E-state index in [2.05, 4.69) is 15.8 Å². The molecule has 0 bridgehead atoms. The molecular weight excluding hydrogens is 421 g/mol. The van der Waals surface area contributed by atoms with Gasteiger partial charge in [0.2, 0.25) is 11.8 Å². The topological polar surface area (TPSA) is 115 Å². The molecule has 9 nitrogen and oxygen atoms in total. The van der Waals surface area contributed by atoms with Crippen molar-refractivity contribution in [1.82, 2.24) is 5.43 Å². The zero-order chi connectivity index (χ0) is 23.3. The number of carbonyl (C=O) groups is 3. The number of rotatable bonds is 11. The van der Waals surface area contributed by atoms with Gasteiger partial charge in [0.05, 0.1) is 19.4 Å². The predicted octanol–water partition coefficient (Wildman–Crippen LogP) is 2.65. The van der Waals surface area contributed by atoms with Gasteiger partial charge in [-0.05, 0) is 61.9 Å². The van der Waals surface area contributed by atoms with Crippen LogP contribution in [0, 0.1) is 5.82 Å². The zero-order valence-electron chi connectivity index (χ0n) is 17.7. The number of hydrazone groups is 1. The van der Waals surface area contributed by atoms with Crippen LogP contribution in [-0.2, 0) is 19.1 Å². The Morgan fingerprint density at radius 1 is 0.969 bits per heavy atom. The SMILES string of the molecule is CCOC(=O)COc1ccc(C=NNC(=O)CC(=O)Nc2ccc(F)cc2)cc1OCC. The molecule has 0 aliphatic heterocycles. The number of nitrogens with zero attached hydrogens (tertiary/aromatic N) is 1. The number of nitrogens with one attached hydrogen (secondary N) is 2. The minimum absolute atomic E-state index is 0.253. The number of amides is 2. The van der Waals surface area contributed by atoms with E-state index in [1.54, 1.807) is 32.0 Å². The average Bonchev–Trinajstić information content (AvgIpc) is 2.75. The lowest BCUT2D eigenvalue weighted by Gasteiger charge is -2.12. The zero-order valence-corrected chi connectivity index (χ0v) is 17.7. The molecule has 32 heavy (non-hydrogen) atoms. The number of carbonyl (C=O) groups excluding carboxylic acids is 3. The first-order valence-corrected chi connectivity index (χ1v) is 9.83. The lowest BCUT2D eigenvalue weighted by atomic mass is 10.2. The average molecular weight is 445 g/mol. The van der Waals surface area contributed by atoms with Crippen LogP contribution in [0.1, 0.15) is 25.8 Å². The number of esters is 1. The molecular formula is C22H24FN3O6. The highest BCUT2D eigenvalue weighted by Gasteiger charge is 2.11. The van der Waals surface area contributed by atoms with Crippen LogP contribution in [0.4, 0.5) is 10.1 Å². The fraction of sp³-hybridized carbons (Fsp3) is 0.273. The molecule has 170 valence electrons. The normalized spacial score (nSPS) is 10.5. The quantitative estimate of drug-likeness (QED) is 0.238. The van der Waals surface area contributed by atoms with Crippen molar-refractivity contribution in [1.29, 1.82) is 0 Å². The van der Waals surface area contributed by atoms with E-state index in [0.29, 0.717) is 29.4 Å². The largest absolute Gasteiger partial charge is 0.490 e. The molecule has 0 unspecified atom stereocenters. The summed E-state index contributed by atoms with van der Waals surface area (Å²) in [4.78, 5) is 35.2. The molecule has 10 heteroatoms. The summed E-state index contributed by atoms with van der Waals surface area (Å²) in [5.74, 6) is -1.36. The van der Waals surface area contributed by atoms with E-state index in [1.807, 2.05) is 0 Å². The summed E-state index contributed by atoms with van der Waals surface area (Å²) in [5.41, 5.74) is 3.22. The van der Waals surface area contributed by atoms with E-state index in [9.17, 15) is 18.8 Å². The van der Waals surface area contributed by atoms with Gasteiger partial charge < -0.3 is 19.5 Å². The highest BCUT2D eigenvalue weighted by atomic mass is 19.1. The second-order valence-corrected chi connectivity index (χ2v) is 6.26. The number of halogens is 1. The Morgan fingerprint density at radius 2 is 1.72 bits per heavy atom. The number of anilines is 1. The molecule has 0 aromatic heterocycles. The van der Waals surface area contributed by atoms with Gasteiger partial charge in [0.25, 0.3) is 0 Å². The number of ether oxygens (including phenoxy) is 3. The smallest absolute Gasteiger partial charge is 0.344 e. The van der Waals surface area contributed by atoms with E-state index in [1.165, 1.54) is 30.5 Å². The first kappa shape index (κ1) is 24.3. The van der Waals surface area contributed by atoms with Crippen molar-refractivity contribution < 1.29 is 33.0 Å². The summed E-state index contributed by atoms with van der Waals surface area (Å²) in [5, 5.41) is 6.30. The Labute approximate surface area is 184 Å². The molecule has 0 fully saturated rings. The van der Waals surface area contributed by atoms with Crippen LogP contribution < -0.4 is 20.2 Å². The fourth-order valence-corrected chi connectivity index (χ4v) is 2.43. The summed E-state index contributed by atoms with van der Waals surface area (Å²) < 4.78 is 28.6. The molecule has 0 heterocycles. The van der Waals surface area contributed by atoms with Gasteiger partial charge in [-0.25, -0.2) is 14.6 Å². The van der Waals surface area contributed by atoms with Crippen LogP contribution >= 0.6 is 0 Å². The van der Waals surface area contributed by atoms with Crippen molar-refractivity contribution in [3.8, 4) is 11.5 Å². The second kappa shape index (κ2) is 12.7. The second-order valence-electron chi connectivity index (χ2n) is 6.26.